The Bertz CT molecular complexity index is 753. The fraction of sp³-hybridized carbons (Fsp3) is 0.632. The summed E-state index contributed by atoms with van der Waals surface area (Å²) in [4.78, 5) is 21.7. The summed E-state index contributed by atoms with van der Waals surface area (Å²) in [6, 6.07) is 0. The fourth-order valence-corrected chi connectivity index (χ4v) is 5.11. The van der Waals surface area contributed by atoms with Crippen LogP contribution in [0.5, 0.6) is 0 Å². The van der Waals surface area contributed by atoms with E-state index in [0.29, 0.717) is 13.0 Å². The van der Waals surface area contributed by atoms with Crippen LogP contribution in [0.4, 0.5) is 0 Å². The van der Waals surface area contributed by atoms with Crippen LogP contribution in [0.25, 0.3) is 0 Å². The second-order valence-electron chi connectivity index (χ2n) is 7.56. The summed E-state index contributed by atoms with van der Waals surface area (Å²) < 4.78 is 5.32. The van der Waals surface area contributed by atoms with Crippen LogP contribution in [0.3, 0.4) is 0 Å². The number of aromatic nitrogens is 2. The highest BCUT2D eigenvalue weighted by atomic mass is 32.1. The molecule has 0 aromatic carbocycles. The van der Waals surface area contributed by atoms with Gasteiger partial charge < -0.3 is 9.42 Å². The third kappa shape index (κ3) is 3.30. The van der Waals surface area contributed by atoms with Crippen molar-refractivity contribution in [3.05, 3.63) is 33.6 Å². The molecule has 0 unspecified atom stereocenters. The maximum atomic E-state index is 12.7. The van der Waals surface area contributed by atoms with Crippen LogP contribution >= 0.6 is 11.3 Å². The Balaban J connectivity index is 1.49. The number of carbonyl (C=O) groups excluding carboxylic acids is 1. The third-order valence-corrected chi connectivity index (χ3v) is 6.79. The number of hydrogen-bond donors (Lipinski definition) is 0. The Hall–Kier alpha value is -1.73. The standard InChI is InChI=1S/C19H26N4O2S/c1-14-16(15(2)25-21-14)12-23-18(24)4-6-19(23)5-3-9-22(10-7-19)13-17-20-8-11-26-17/h8,11H,3-7,9-10,12-13H2,1-2H3/t19-/m0/s1. The highest BCUT2D eigenvalue weighted by Crippen LogP contribution is 2.40. The van der Waals surface area contributed by atoms with E-state index in [9.17, 15) is 4.79 Å². The van der Waals surface area contributed by atoms with E-state index in [4.69, 9.17) is 4.52 Å². The molecule has 1 atom stereocenters. The number of amides is 1. The third-order valence-electron chi connectivity index (χ3n) is 6.03. The van der Waals surface area contributed by atoms with Crippen LogP contribution in [0.15, 0.2) is 16.1 Å². The van der Waals surface area contributed by atoms with E-state index in [1.807, 2.05) is 25.4 Å². The Morgan fingerprint density at radius 3 is 2.85 bits per heavy atom. The van der Waals surface area contributed by atoms with E-state index in [0.717, 1.165) is 62.3 Å². The summed E-state index contributed by atoms with van der Waals surface area (Å²) in [6.45, 7) is 7.55. The number of carbonyl (C=O) groups is 1. The van der Waals surface area contributed by atoms with Gasteiger partial charge in [-0.05, 0) is 46.1 Å². The summed E-state index contributed by atoms with van der Waals surface area (Å²) in [5.41, 5.74) is 1.96. The van der Waals surface area contributed by atoms with Gasteiger partial charge in [0.15, 0.2) is 0 Å². The first kappa shape index (κ1) is 17.7. The van der Waals surface area contributed by atoms with Crippen LogP contribution in [-0.4, -0.2) is 44.5 Å². The summed E-state index contributed by atoms with van der Waals surface area (Å²) >= 11 is 1.72. The van der Waals surface area contributed by atoms with Gasteiger partial charge >= 0.3 is 0 Å². The number of nitrogens with zero attached hydrogens (tertiary/aromatic N) is 4. The number of aryl methyl sites for hydroxylation is 2. The summed E-state index contributed by atoms with van der Waals surface area (Å²) in [5, 5.41) is 7.28. The zero-order valence-corrected chi connectivity index (χ0v) is 16.3. The van der Waals surface area contributed by atoms with Crippen molar-refractivity contribution in [2.75, 3.05) is 13.1 Å². The van der Waals surface area contributed by atoms with Crippen molar-refractivity contribution >= 4 is 17.2 Å². The van der Waals surface area contributed by atoms with Crippen LogP contribution in [0.1, 0.15) is 54.1 Å². The van der Waals surface area contributed by atoms with Crippen molar-refractivity contribution in [3.8, 4) is 0 Å². The van der Waals surface area contributed by atoms with Crippen LogP contribution in [-0.2, 0) is 17.9 Å². The maximum absolute atomic E-state index is 12.7. The first-order valence-electron chi connectivity index (χ1n) is 9.40. The molecule has 7 heteroatoms. The van der Waals surface area contributed by atoms with Crippen molar-refractivity contribution in [1.82, 2.24) is 19.9 Å². The second-order valence-corrected chi connectivity index (χ2v) is 8.54. The number of hydrogen-bond acceptors (Lipinski definition) is 6. The molecule has 2 aliphatic rings. The zero-order chi connectivity index (χ0) is 18.1. The normalized spacial score (nSPS) is 24.5. The van der Waals surface area contributed by atoms with E-state index in [-0.39, 0.29) is 11.4 Å². The molecule has 4 heterocycles. The van der Waals surface area contributed by atoms with Gasteiger partial charge in [-0.3, -0.25) is 9.69 Å². The minimum absolute atomic E-state index is 0.00907. The maximum Gasteiger partial charge on any atom is 0.223 e. The van der Waals surface area contributed by atoms with Crippen molar-refractivity contribution in [2.24, 2.45) is 0 Å². The van der Waals surface area contributed by atoms with Crippen molar-refractivity contribution in [3.63, 3.8) is 0 Å². The molecule has 1 spiro atoms. The van der Waals surface area contributed by atoms with Gasteiger partial charge in [-0.2, -0.15) is 0 Å². The van der Waals surface area contributed by atoms with Crippen molar-refractivity contribution < 1.29 is 9.32 Å². The SMILES string of the molecule is Cc1noc(C)c1CN1C(=O)CC[C@]12CCCN(Cc1nccs1)CC2. The Kier molecular flexibility index (Phi) is 4.84. The highest BCUT2D eigenvalue weighted by Gasteiger charge is 2.46. The van der Waals surface area contributed by atoms with E-state index in [1.165, 1.54) is 5.01 Å². The fourth-order valence-electron chi connectivity index (χ4n) is 4.45. The molecule has 6 nitrogen and oxygen atoms in total. The summed E-state index contributed by atoms with van der Waals surface area (Å²) in [5.74, 6) is 1.11. The quantitative estimate of drug-likeness (QED) is 0.822. The number of thiazole rings is 1. The first-order chi connectivity index (χ1) is 12.6. The minimum atomic E-state index is -0.00907. The van der Waals surface area contributed by atoms with Gasteiger partial charge in [-0.1, -0.05) is 5.16 Å². The average Bonchev–Trinajstić information content (AvgIpc) is 3.27. The van der Waals surface area contributed by atoms with Gasteiger partial charge in [0.25, 0.3) is 0 Å². The predicted molar refractivity (Wildman–Crippen MR) is 99.7 cm³/mol. The predicted octanol–water partition coefficient (Wildman–Crippen LogP) is 3.30. The molecule has 2 aliphatic heterocycles. The van der Waals surface area contributed by atoms with Crippen LogP contribution in [0.2, 0.25) is 0 Å². The van der Waals surface area contributed by atoms with Crippen molar-refractivity contribution in [2.45, 2.75) is 64.6 Å². The smallest absolute Gasteiger partial charge is 0.223 e. The molecule has 2 saturated heterocycles. The minimum Gasteiger partial charge on any atom is -0.361 e. The second kappa shape index (κ2) is 7.12. The Morgan fingerprint density at radius 2 is 2.12 bits per heavy atom. The monoisotopic (exact) mass is 374 g/mol. The average molecular weight is 375 g/mol. The van der Waals surface area contributed by atoms with E-state index < -0.39 is 0 Å². The van der Waals surface area contributed by atoms with Gasteiger partial charge in [-0.15, -0.1) is 11.3 Å². The van der Waals surface area contributed by atoms with Gasteiger partial charge in [-0.25, -0.2) is 4.98 Å². The largest absolute Gasteiger partial charge is 0.361 e. The van der Waals surface area contributed by atoms with E-state index >= 15 is 0 Å². The van der Waals surface area contributed by atoms with E-state index in [2.05, 4.69) is 19.9 Å². The molecule has 0 N–H and O–H groups in total. The number of likely N-dealkylation sites (tertiary alicyclic amines) is 2. The molecule has 0 saturated carbocycles. The lowest BCUT2D eigenvalue weighted by Crippen LogP contribution is -2.46. The number of rotatable bonds is 4. The summed E-state index contributed by atoms with van der Waals surface area (Å²) in [7, 11) is 0. The molecule has 1 amide bonds. The molecule has 0 aliphatic carbocycles. The van der Waals surface area contributed by atoms with Gasteiger partial charge in [0.1, 0.15) is 10.8 Å². The summed E-state index contributed by atoms with van der Waals surface area (Å²) in [6.07, 6.45) is 6.75. The lowest BCUT2D eigenvalue weighted by atomic mass is 9.87. The lowest BCUT2D eigenvalue weighted by molar-refractivity contribution is -0.132. The molecule has 0 bridgehead atoms. The van der Waals surface area contributed by atoms with Crippen molar-refractivity contribution in [1.29, 1.82) is 0 Å². The van der Waals surface area contributed by atoms with Crippen LogP contribution < -0.4 is 0 Å². The molecule has 2 fully saturated rings. The molecule has 26 heavy (non-hydrogen) atoms. The Labute approximate surface area is 158 Å². The molecular weight excluding hydrogens is 348 g/mol. The molecule has 0 radical (unpaired) electrons. The zero-order valence-electron chi connectivity index (χ0n) is 15.5. The van der Waals surface area contributed by atoms with E-state index in [1.54, 1.807) is 11.3 Å². The first-order valence-corrected chi connectivity index (χ1v) is 10.3. The topological polar surface area (TPSA) is 62.5 Å². The highest BCUT2D eigenvalue weighted by molar-refractivity contribution is 7.09. The molecule has 140 valence electrons. The molecule has 4 rings (SSSR count). The van der Waals surface area contributed by atoms with Gasteiger partial charge in [0.05, 0.1) is 18.8 Å². The van der Waals surface area contributed by atoms with Gasteiger partial charge in [0, 0.05) is 35.6 Å². The molecule has 2 aromatic rings. The lowest BCUT2D eigenvalue weighted by Gasteiger charge is -2.38. The molecular formula is C19H26N4O2S. The Morgan fingerprint density at radius 1 is 1.23 bits per heavy atom. The molecule has 2 aromatic heterocycles. The van der Waals surface area contributed by atoms with Gasteiger partial charge in [0.2, 0.25) is 5.91 Å². The van der Waals surface area contributed by atoms with Crippen LogP contribution in [0, 0.1) is 13.8 Å².